The molecule has 0 radical (unpaired) electrons. The molecule has 32 heavy (non-hydrogen) atoms. The highest BCUT2D eigenvalue weighted by Crippen LogP contribution is 2.35. The lowest BCUT2D eigenvalue weighted by Crippen LogP contribution is -2.61. The van der Waals surface area contributed by atoms with Crippen molar-refractivity contribution in [2.75, 3.05) is 32.1 Å². The fourth-order valence-electron chi connectivity index (χ4n) is 3.89. The van der Waals surface area contributed by atoms with Crippen molar-refractivity contribution in [3.05, 3.63) is 34.4 Å². The summed E-state index contributed by atoms with van der Waals surface area (Å²) in [6, 6.07) is 4.80. The maximum absolute atomic E-state index is 13.3. The zero-order valence-electron chi connectivity index (χ0n) is 18.3. The van der Waals surface area contributed by atoms with Crippen LogP contribution in [0.15, 0.2) is 29.2 Å². The largest absolute Gasteiger partial charge is 0.444 e. The highest BCUT2D eigenvalue weighted by atomic mass is 35.5. The highest BCUT2D eigenvalue weighted by molar-refractivity contribution is 7.89. The molecule has 0 aliphatic carbocycles. The maximum Gasteiger partial charge on any atom is 0.410 e. The second-order valence-electron chi connectivity index (χ2n) is 9.09. The summed E-state index contributed by atoms with van der Waals surface area (Å²) >= 11 is 6.05. The third-order valence-corrected chi connectivity index (χ3v) is 7.64. The van der Waals surface area contributed by atoms with Gasteiger partial charge in [-0.2, -0.15) is 4.31 Å². The third kappa shape index (κ3) is 5.51. The first-order valence-corrected chi connectivity index (χ1v) is 12.3. The van der Waals surface area contributed by atoms with Gasteiger partial charge < -0.3 is 14.4 Å². The van der Waals surface area contributed by atoms with Crippen molar-refractivity contribution in [2.24, 2.45) is 0 Å². The number of morpholine rings is 1. The van der Waals surface area contributed by atoms with Gasteiger partial charge in [0, 0.05) is 44.2 Å². The van der Waals surface area contributed by atoms with Crippen LogP contribution in [0.3, 0.4) is 0 Å². The number of halogens is 1. The molecule has 1 atom stereocenters. The Morgan fingerprint density at radius 3 is 2.38 bits per heavy atom. The predicted octanol–water partition coefficient (Wildman–Crippen LogP) is 2.99. The van der Waals surface area contributed by atoms with E-state index in [1.165, 1.54) is 28.6 Å². The molecule has 0 bridgehead atoms. The van der Waals surface area contributed by atoms with Crippen molar-refractivity contribution < 1.29 is 27.6 Å². The number of benzene rings is 1. The van der Waals surface area contributed by atoms with E-state index >= 15 is 0 Å². The fourth-order valence-corrected chi connectivity index (χ4v) is 5.60. The Hall–Kier alpha value is -1.95. The van der Waals surface area contributed by atoms with Crippen LogP contribution < -0.4 is 0 Å². The smallest absolute Gasteiger partial charge is 0.410 e. The molecular weight excluding hydrogens is 462 g/mol. The van der Waals surface area contributed by atoms with Crippen LogP contribution in [0.4, 0.5) is 10.5 Å². The molecule has 1 aromatic rings. The van der Waals surface area contributed by atoms with Gasteiger partial charge in [-0.05, 0) is 45.7 Å². The number of carbonyl (C=O) groups excluding carboxylic acids is 1. The predicted molar refractivity (Wildman–Crippen MR) is 117 cm³/mol. The van der Waals surface area contributed by atoms with E-state index in [9.17, 15) is 23.3 Å². The molecular formula is C20H28ClN3O7S. The monoisotopic (exact) mass is 489 g/mol. The molecule has 0 N–H and O–H groups in total. The van der Waals surface area contributed by atoms with E-state index in [4.69, 9.17) is 21.1 Å². The van der Waals surface area contributed by atoms with E-state index in [1.807, 2.05) is 0 Å². The molecule has 1 aromatic carbocycles. The summed E-state index contributed by atoms with van der Waals surface area (Å²) < 4.78 is 39.5. The number of nitro groups is 1. The molecule has 0 aromatic heterocycles. The normalized spacial score (nSPS) is 22.0. The zero-order chi connectivity index (χ0) is 23.7. The van der Waals surface area contributed by atoms with Gasteiger partial charge in [-0.1, -0.05) is 0 Å². The minimum atomic E-state index is -3.91. The quantitative estimate of drug-likeness (QED) is 0.362. The van der Waals surface area contributed by atoms with Crippen LogP contribution in [0.5, 0.6) is 0 Å². The van der Waals surface area contributed by atoms with E-state index in [0.29, 0.717) is 25.9 Å². The van der Waals surface area contributed by atoms with Crippen LogP contribution in [-0.4, -0.2) is 78.0 Å². The molecule has 1 amide bonds. The molecule has 1 spiro atoms. The second kappa shape index (κ2) is 9.12. The number of ether oxygens (including phenoxy) is 2. The number of sulfonamides is 1. The van der Waals surface area contributed by atoms with Gasteiger partial charge in [0.05, 0.1) is 21.5 Å². The van der Waals surface area contributed by atoms with Crippen molar-refractivity contribution in [3.63, 3.8) is 0 Å². The van der Waals surface area contributed by atoms with Crippen LogP contribution in [0.2, 0.25) is 0 Å². The average molecular weight is 490 g/mol. The molecule has 10 nitrogen and oxygen atoms in total. The third-order valence-electron chi connectivity index (χ3n) is 5.47. The van der Waals surface area contributed by atoms with Crippen LogP contribution in [0.1, 0.15) is 33.6 Å². The van der Waals surface area contributed by atoms with Crippen molar-refractivity contribution in [3.8, 4) is 0 Å². The van der Waals surface area contributed by atoms with E-state index < -0.39 is 38.3 Å². The first kappa shape index (κ1) is 24.7. The van der Waals surface area contributed by atoms with Crippen LogP contribution in [-0.2, 0) is 19.5 Å². The van der Waals surface area contributed by atoms with E-state index in [1.54, 1.807) is 25.7 Å². The molecule has 178 valence electrons. The number of carbonyl (C=O) groups is 1. The lowest BCUT2D eigenvalue weighted by Gasteiger charge is -2.49. The number of nitrogens with zero attached hydrogens (tertiary/aromatic N) is 3. The summed E-state index contributed by atoms with van der Waals surface area (Å²) in [6.45, 7) is 6.33. The Kier molecular flexibility index (Phi) is 7.04. The number of hydrogen-bond donors (Lipinski definition) is 0. The lowest BCUT2D eigenvalue weighted by molar-refractivity contribution is -0.384. The Morgan fingerprint density at radius 1 is 1.28 bits per heavy atom. The fraction of sp³-hybridized carbons (Fsp3) is 0.650. The van der Waals surface area contributed by atoms with Gasteiger partial charge in [-0.25, -0.2) is 13.2 Å². The summed E-state index contributed by atoms with van der Waals surface area (Å²) in [7, 11) is -3.91. The number of nitro benzene ring substituents is 1. The van der Waals surface area contributed by atoms with E-state index in [-0.39, 0.29) is 29.6 Å². The van der Waals surface area contributed by atoms with Crippen molar-refractivity contribution >= 4 is 33.4 Å². The highest BCUT2D eigenvalue weighted by Gasteiger charge is 2.47. The summed E-state index contributed by atoms with van der Waals surface area (Å²) in [6.07, 6.45) is -0.0450. The standard InChI is InChI=1S/C20H28ClN3O7S/c1-19(2,3)31-18(25)22-10-8-20(9-11-22)14-23(13-16(12-21)30-20)32(28,29)17-6-4-15(5-7-17)24(26)27/h4-7,16H,8-14H2,1-3H3. The van der Waals surface area contributed by atoms with E-state index in [0.717, 1.165) is 0 Å². The number of non-ortho nitro benzene ring substituents is 1. The van der Waals surface area contributed by atoms with Gasteiger partial charge in [0.2, 0.25) is 10.0 Å². The van der Waals surface area contributed by atoms with Gasteiger partial charge in [0.15, 0.2) is 0 Å². The number of amides is 1. The lowest BCUT2D eigenvalue weighted by atomic mass is 9.89. The van der Waals surface area contributed by atoms with Crippen LogP contribution in [0.25, 0.3) is 0 Å². The van der Waals surface area contributed by atoms with E-state index in [2.05, 4.69) is 0 Å². The summed E-state index contributed by atoms with van der Waals surface area (Å²) in [5.74, 6) is 0.115. The summed E-state index contributed by atoms with van der Waals surface area (Å²) in [5.41, 5.74) is -1.56. The van der Waals surface area contributed by atoms with Crippen LogP contribution >= 0.6 is 11.6 Å². The van der Waals surface area contributed by atoms with Crippen molar-refractivity contribution in [1.82, 2.24) is 9.21 Å². The van der Waals surface area contributed by atoms with Crippen molar-refractivity contribution in [1.29, 1.82) is 0 Å². The molecule has 3 rings (SSSR count). The Balaban J connectivity index is 1.76. The molecule has 0 saturated carbocycles. The average Bonchev–Trinajstić information content (AvgIpc) is 2.72. The maximum atomic E-state index is 13.3. The minimum Gasteiger partial charge on any atom is -0.444 e. The minimum absolute atomic E-state index is 0.0281. The first-order valence-electron chi connectivity index (χ1n) is 10.3. The molecule has 2 heterocycles. The van der Waals surface area contributed by atoms with Gasteiger partial charge in [-0.3, -0.25) is 10.1 Å². The number of likely N-dealkylation sites (tertiary alicyclic amines) is 1. The van der Waals surface area contributed by atoms with Gasteiger partial charge in [0.25, 0.3) is 5.69 Å². The molecule has 1 unspecified atom stereocenters. The molecule has 2 aliphatic heterocycles. The summed E-state index contributed by atoms with van der Waals surface area (Å²) in [5, 5.41) is 10.9. The Labute approximate surface area is 192 Å². The van der Waals surface area contributed by atoms with Crippen molar-refractivity contribution in [2.45, 2.75) is 55.8 Å². The number of rotatable bonds is 4. The zero-order valence-corrected chi connectivity index (χ0v) is 19.9. The van der Waals surface area contributed by atoms with Crippen LogP contribution in [0, 0.1) is 10.1 Å². The first-order chi connectivity index (χ1) is 14.8. The molecule has 2 saturated heterocycles. The SMILES string of the molecule is CC(C)(C)OC(=O)N1CCC2(CC1)CN(S(=O)(=O)c1ccc([N+](=O)[O-])cc1)CC(CCl)O2. The topological polar surface area (TPSA) is 119 Å². The Morgan fingerprint density at radius 2 is 1.88 bits per heavy atom. The number of piperidine rings is 1. The number of hydrogen-bond acceptors (Lipinski definition) is 7. The second-order valence-corrected chi connectivity index (χ2v) is 11.3. The van der Waals surface area contributed by atoms with Gasteiger partial charge in [-0.15, -0.1) is 11.6 Å². The van der Waals surface area contributed by atoms with Gasteiger partial charge >= 0.3 is 6.09 Å². The number of alkyl halides is 1. The Bertz CT molecular complexity index is 954. The van der Waals surface area contributed by atoms with Gasteiger partial charge in [0.1, 0.15) is 5.60 Å². The summed E-state index contributed by atoms with van der Waals surface area (Å²) in [4.78, 5) is 24.2. The molecule has 2 aliphatic rings. The molecule has 2 fully saturated rings. The molecule has 12 heteroatoms.